The Kier molecular flexibility index (Phi) is 18.2. The van der Waals surface area contributed by atoms with Gasteiger partial charge in [0.15, 0.2) is 0 Å². The second kappa shape index (κ2) is 20.3. The van der Waals surface area contributed by atoms with E-state index in [0.29, 0.717) is 0 Å². The average molecular weight is 403 g/mol. The van der Waals surface area contributed by atoms with E-state index in [1.807, 2.05) is 0 Å². The lowest BCUT2D eigenvalue weighted by atomic mass is 10.0. The molecule has 0 bridgehead atoms. The molecule has 0 radical (unpaired) electrons. The van der Waals surface area contributed by atoms with Gasteiger partial charge in [0.2, 0.25) is 0 Å². The number of hydrogen-bond donors (Lipinski definition) is 0. The van der Waals surface area contributed by atoms with Gasteiger partial charge in [-0.15, -0.1) is 0 Å². The van der Waals surface area contributed by atoms with E-state index in [2.05, 4.69) is 38.1 Å². The van der Waals surface area contributed by atoms with Crippen LogP contribution in [0.25, 0.3) is 0 Å². The van der Waals surface area contributed by atoms with E-state index in [-0.39, 0.29) is 0 Å². The summed E-state index contributed by atoms with van der Waals surface area (Å²) in [4.78, 5) is 0. The smallest absolute Gasteiger partial charge is 0.122 e. The molecule has 1 aromatic rings. The van der Waals surface area contributed by atoms with Gasteiger partial charge in [0.05, 0.1) is 6.61 Å². The van der Waals surface area contributed by atoms with Crippen LogP contribution in [-0.4, -0.2) is 6.61 Å². The van der Waals surface area contributed by atoms with Crippen LogP contribution in [0.3, 0.4) is 0 Å². The molecular formula is C28H50O. The Hall–Kier alpha value is -0.980. The minimum atomic E-state index is 0.760. The van der Waals surface area contributed by atoms with E-state index in [4.69, 9.17) is 4.74 Å². The first-order valence-electron chi connectivity index (χ1n) is 13.1. The average Bonchev–Trinajstić information content (AvgIpc) is 2.74. The Morgan fingerprint density at radius 1 is 0.517 bits per heavy atom. The van der Waals surface area contributed by atoms with Crippen LogP contribution in [0.2, 0.25) is 0 Å². The lowest BCUT2D eigenvalue weighted by Gasteiger charge is -2.09. The van der Waals surface area contributed by atoms with Crippen molar-refractivity contribution in [3.63, 3.8) is 0 Å². The highest BCUT2D eigenvalue weighted by Gasteiger charge is 2.02. The quantitative estimate of drug-likeness (QED) is 0.186. The first-order valence-corrected chi connectivity index (χ1v) is 13.1. The molecule has 0 heterocycles. The van der Waals surface area contributed by atoms with Crippen molar-refractivity contribution in [3.8, 4) is 5.75 Å². The van der Waals surface area contributed by atoms with Crippen molar-refractivity contribution in [2.45, 2.75) is 136 Å². The number of para-hydroxylation sites is 1. The standard InChI is InChI=1S/C28H50O/c1-3-5-6-7-8-9-10-11-12-13-14-15-16-17-18-19-20-21-24-27-25-22-23-26-28(27)29-4-2/h22-23,25-26H,3-21,24H2,1-2H3. The van der Waals surface area contributed by atoms with Crippen molar-refractivity contribution in [3.05, 3.63) is 29.8 Å². The molecule has 1 rings (SSSR count). The molecular weight excluding hydrogens is 352 g/mol. The third-order valence-electron chi connectivity index (χ3n) is 6.07. The molecule has 1 aromatic carbocycles. The zero-order chi connectivity index (χ0) is 20.8. The van der Waals surface area contributed by atoms with E-state index < -0.39 is 0 Å². The molecule has 0 unspecified atom stereocenters. The highest BCUT2D eigenvalue weighted by molar-refractivity contribution is 5.33. The molecule has 0 atom stereocenters. The minimum Gasteiger partial charge on any atom is -0.494 e. The molecule has 0 amide bonds. The maximum absolute atomic E-state index is 5.72. The fraction of sp³-hybridized carbons (Fsp3) is 0.786. The third-order valence-corrected chi connectivity index (χ3v) is 6.07. The maximum Gasteiger partial charge on any atom is 0.122 e. The topological polar surface area (TPSA) is 9.23 Å². The second-order valence-corrected chi connectivity index (χ2v) is 8.80. The summed E-state index contributed by atoms with van der Waals surface area (Å²) < 4.78 is 5.72. The highest BCUT2D eigenvalue weighted by atomic mass is 16.5. The van der Waals surface area contributed by atoms with E-state index in [9.17, 15) is 0 Å². The van der Waals surface area contributed by atoms with Crippen LogP contribution in [0.4, 0.5) is 0 Å². The zero-order valence-electron chi connectivity index (χ0n) is 19.9. The lowest BCUT2D eigenvalue weighted by molar-refractivity contribution is 0.336. The number of ether oxygens (including phenoxy) is 1. The summed E-state index contributed by atoms with van der Waals surface area (Å²) in [5.41, 5.74) is 1.38. The van der Waals surface area contributed by atoms with Crippen LogP contribution in [0.15, 0.2) is 24.3 Å². The van der Waals surface area contributed by atoms with Crippen LogP contribution in [0.1, 0.15) is 135 Å². The van der Waals surface area contributed by atoms with Gasteiger partial charge < -0.3 is 4.74 Å². The number of rotatable bonds is 21. The molecule has 168 valence electrons. The van der Waals surface area contributed by atoms with Crippen LogP contribution >= 0.6 is 0 Å². The number of unbranched alkanes of at least 4 members (excludes halogenated alkanes) is 17. The molecule has 0 saturated heterocycles. The molecule has 1 heteroatoms. The molecule has 0 spiro atoms. The van der Waals surface area contributed by atoms with Crippen LogP contribution in [-0.2, 0) is 6.42 Å². The largest absolute Gasteiger partial charge is 0.494 e. The Bertz CT molecular complexity index is 453. The summed E-state index contributed by atoms with van der Waals surface area (Å²) in [6.07, 6.45) is 27.0. The molecule has 0 fully saturated rings. The number of hydrogen-bond acceptors (Lipinski definition) is 1. The predicted octanol–water partition coefficient (Wildman–Crippen LogP) is 9.67. The minimum absolute atomic E-state index is 0.760. The van der Waals surface area contributed by atoms with Gasteiger partial charge in [-0.2, -0.15) is 0 Å². The maximum atomic E-state index is 5.72. The van der Waals surface area contributed by atoms with Crippen molar-refractivity contribution in [1.29, 1.82) is 0 Å². The summed E-state index contributed by atoms with van der Waals surface area (Å²) in [5.74, 6) is 1.09. The number of aryl methyl sites for hydroxylation is 1. The van der Waals surface area contributed by atoms with E-state index in [1.165, 1.54) is 121 Å². The van der Waals surface area contributed by atoms with Gasteiger partial charge in [0.1, 0.15) is 5.75 Å². The summed E-state index contributed by atoms with van der Waals surface area (Å²) in [6, 6.07) is 8.53. The van der Waals surface area contributed by atoms with Gasteiger partial charge in [-0.05, 0) is 31.4 Å². The molecule has 0 aromatic heterocycles. The van der Waals surface area contributed by atoms with Crippen LogP contribution in [0, 0.1) is 0 Å². The van der Waals surface area contributed by atoms with Crippen molar-refractivity contribution >= 4 is 0 Å². The summed E-state index contributed by atoms with van der Waals surface area (Å²) in [7, 11) is 0. The zero-order valence-corrected chi connectivity index (χ0v) is 19.9. The van der Waals surface area contributed by atoms with Gasteiger partial charge >= 0.3 is 0 Å². The normalized spacial score (nSPS) is 11.1. The van der Waals surface area contributed by atoms with Gasteiger partial charge in [-0.25, -0.2) is 0 Å². The predicted molar refractivity (Wildman–Crippen MR) is 130 cm³/mol. The van der Waals surface area contributed by atoms with Gasteiger partial charge in [0.25, 0.3) is 0 Å². The van der Waals surface area contributed by atoms with Gasteiger partial charge in [0, 0.05) is 0 Å². The monoisotopic (exact) mass is 402 g/mol. The number of benzene rings is 1. The first kappa shape index (κ1) is 26.1. The van der Waals surface area contributed by atoms with Crippen molar-refractivity contribution in [2.24, 2.45) is 0 Å². The Balaban J connectivity index is 1.79. The van der Waals surface area contributed by atoms with E-state index >= 15 is 0 Å². The molecule has 0 aliphatic heterocycles. The summed E-state index contributed by atoms with van der Waals surface area (Å²) >= 11 is 0. The molecule has 29 heavy (non-hydrogen) atoms. The van der Waals surface area contributed by atoms with Crippen molar-refractivity contribution < 1.29 is 4.74 Å². The Morgan fingerprint density at radius 2 is 0.931 bits per heavy atom. The third kappa shape index (κ3) is 15.5. The lowest BCUT2D eigenvalue weighted by Crippen LogP contribution is -1.96. The molecule has 1 nitrogen and oxygen atoms in total. The van der Waals surface area contributed by atoms with Crippen molar-refractivity contribution in [1.82, 2.24) is 0 Å². The van der Waals surface area contributed by atoms with Gasteiger partial charge in [-0.1, -0.05) is 134 Å². The molecule has 0 saturated carbocycles. The Morgan fingerprint density at radius 3 is 1.38 bits per heavy atom. The second-order valence-electron chi connectivity index (χ2n) is 8.80. The molecule has 0 N–H and O–H groups in total. The van der Waals surface area contributed by atoms with Crippen LogP contribution in [0.5, 0.6) is 5.75 Å². The fourth-order valence-electron chi connectivity index (χ4n) is 4.22. The fourth-order valence-corrected chi connectivity index (χ4v) is 4.22. The summed E-state index contributed by atoms with van der Waals surface area (Å²) in [5, 5.41) is 0. The Labute approximate surface area is 183 Å². The van der Waals surface area contributed by atoms with Crippen LogP contribution < -0.4 is 4.74 Å². The molecule has 0 aliphatic carbocycles. The first-order chi connectivity index (χ1) is 14.4. The van der Waals surface area contributed by atoms with E-state index in [0.717, 1.165) is 18.8 Å². The molecule has 0 aliphatic rings. The summed E-state index contributed by atoms with van der Waals surface area (Å²) in [6.45, 7) is 5.12. The van der Waals surface area contributed by atoms with Gasteiger partial charge in [-0.3, -0.25) is 0 Å². The SMILES string of the molecule is CCCCCCCCCCCCCCCCCCCCc1ccccc1OCC. The van der Waals surface area contributed by atoms with E-state index in [1.54, 1.807) is 0 Å². The van der Waals surface area contributed by atoms with Crippen molar-refractivity contribution in [2.75, 3.05) is 6.61 Å². The highest BCUT2D eigenvalue weighted by Crippen LogP contribution is 2.21.